The minimum atomic E-state index is -0.0742. The first-order valence-electron chi connectivity index (χ1n) is 7.69. The Morgan fingerprint density at radius 2 is 1.94 bits per heavy atom. The van der Waals surface area contributed by atoms with Gasteiger partial charge in [0.1, 0.15) is 0 Å². The first kappa shape index (κ1) is 13.9. The zero-order valence-corrected chi connectivity index (χ0v) is 11.8. The largest absolute Gasteiger partial charge is 0.339 e. The van der Waals surface area contributed by atoms with Crippen LogP contribution in [0.3, 0.4) is 0 Å². The highest BCUT2D eigenvalue weighted by Gasteiger charge is 2.40. The Morgan fingerprint density at radius 1 is 1.28 bits per heavy atom. The fraction of sp³-hybridized carbons (Fsp3) is 0.933. The Hall–Kier alpha value is -0.570. The number of nitrogens with zero attached hydrogens (tertiary/aromatic N) is 1. The predicted molar refractivity (Wildman–Crippen MR) is 74.2 cm³/mol. The summed E-state index contributed by atoms with van der Waals surface area (Å²) >= 11 is 0. The Bertz CT molecular complexity index is 278. The molecule has 2 fully saturated rings. The molecule has 104 valence electrons. The molecule has 2 aliphatic rings. The van der Waals surface area contributed by atoms with Crippen molar-refractivity contribution in [2.24, 2.45) is 11.7 Å². The molecule has 2 rings (SSSR count). The summed E-state index contributed by atoms with van der Waals surface area (Å²) in [6.07, 6.45) is 10.8. The van der Waals surface area contributed by atoms with Crippen molar-refractivity contribution in [2.75, 3.05) is 13.1 Å². The molecule has 0 spiro atoms. The Kier molecular flexibility index (Phi) is 4.66. The lowest BCUT2D eigenvalue weighted by molar-refractivity contribution is -0.139. The summed E-state index contributed by atoms with van der Waals surface area (Å²) in [5.41, 5.74) is 6.11. The maximum Gasteiger partial charge on any atom is 0.222 e. The quantitative estimate of drug-likeness (QED) is 0.817. The standard InChI is InChI=1S/C15H28N2O/c1-2-10-15(16)11-17(12-15)14(18)9-8-13-6-4-3-5-7-13/h13H,2-12,16H2,1H3. The van der Waals surface area contributed by atoms with Crippen LogP contribution in [0.2, 0.25) is 0 Å². The van der Waals surface area contributed by atoms with E-state index in [4.69, 9.17) is 5.73 Å². The Morgan fingerprint density at radius 3 is 2.56 bits per heavy atom. The summed E-state index contributed by atoms with van der Waals surface area (Å²) in [6.45, 7) is 3.72. The highest BCUT2D eigenvalue weighted by atomic mass is 16.2. The molecule has 1 saturated carbocycles. The second kappa shape index (κ2) is 6.05. The number of rotatable bonds is 5. The third-order valence-corrected chi connectivity index (χ3v) is 4.60. The average Bonchev–Trinajstić information content (AvgIpc) is 2.34. The van der Waals surface area contributed by atoms with E-state index >= 15 is 0 Å². The molecule has 3 nitrogen and oxygen atoms in total. The minimum absolute atomic E-state index is 0.0742. The summed E-state index contributed by atoms with van der Waals surface area (Å²) in [7, 11) is 0. The number of hydrogen-bond acceptors (Lipinski definition) is 2. The van der Waals surface area contributed by atoms with Crippen molar-refractivity contribution in [3.63, 3.8) is 0 Å². The molecule has 0 radical (unpaired) electrons. The summed E-state index contributed by atoms with van der Waals surface area (Å²) in [6, 6.07) is 0. The van der Waals surface area contributed by atoms with Crippen LogP contribution in [0.4, 0.5) is 0 Å². The predicted octanol–water partition coefficient (Wildman–Crippen LogP) is 2.69. The van der Waals surface area contributed by atoms with Crippen molar-refractivity contribution in [1.82, 2.24) is 4.90 Å². The lowest BCUT2D eigenvalue weighted by atomic mass is 9.84. The van der Waals surface area contributed by atoms with Gasteiger partial charge in [-0.25, -0.2) is 0 Å². The summed E-state index contributed by atoms with van der Waals surface area (Å²) < 4.78 is 0. The molecule has 18 heavy (non-hydrogen) atoms. The zero-order chi connectivity index (χ0) is 13.0. The zero-order valence-electron chi connectivity index (χ0n) is 11.8. The van der Waals surface area contributed by atoms with Crippen molar-refractivity contribution in [1.29, 1.82) is 0 Å². The topological polar surface area (TPSA) is 46.3 Å². The second-order valence-electron chi connectivity index (χ2n) is 6.40. The van der Waals surface area contributed by atoms with Crippen LogP contribution in [0.25, 0.3) is 0 Å². The van der Waals surface area contributed by atoms with E-state index in [9.17, 15) is 4.79 Å². The molecule has 0 bridgehead atoms. The van der Waals surface area contributed by atoms with Gasteiger partial charge in [0.2, 0.25) is 5.91 Å². The first-order chi connectivity index (χ1) is 8.63. The highest BCUT2D eigenvalue weighted by Crippen LogP contribution is 2.29. The van der Waals surface area contributed by atoms with Crippen LogP contribution >= 0.6 is 0 Å². The highest BCUT2D eigenvalue weighted by molar-refractivity contribution is 5.77. The van der Waals surface area contributed by atoms with Crippen molar-refractivity contribution in [3.05, 3.63) is 0 Å². The molecule has 1 amide bonds. The van der Waals surface area contributed by atoms with Gasteiger partial charge >= 0.3 is 0 Å². The van der Waals surface area contributed by atoms with Crippen LogP contribution < -0.4 is 5.73 Å². The third kappa shape index (κ3) is 3.47. The third-order valence-electron chi connectivity index (χ3n) is 4.60. The average molecular weight is 252 g/mol. The lowest BCUT2D eigenvalue weighted by Crippen LogP contribution is -2.68. The van der Waals surface area contributed by atoms with E-state index in [1.54, 1.807) is 0 Å². The summed E-state index contributed by atoms with van der Waals surface area (Å²) in [5.74, 6) is 1.14. The van der Waals surface area contributed by atoms with Crippen LogP contribution in [0.15, 0.2) is 0 Å². The second-order valence-corrected chi connectivity index (χ2v) is 6.40. The van der Waals surface area contributed by atoms with Gasteiger partial charge < -0.3 is 10.6 Å². The van der Waals surface area contributed by atoms with Gasteiger partial charge in [-0.15, -0.1) is 0 Å². The Balaban J connectivity index is 1.64. The first-order valence-corrected chi connectivity index (χ1v) is 7.69. The molecule has 1 heterocycles. The fourth-order valence-corrected chi connectivity index (χ4v) is 3.51. The maximum absolute atomic E-state index is 12.0. The van der Waals surface area contributed by atoms with Crippen LogP contribution in [0.1, 0.15) is 64.7 Å². The van der Waals surface area contributed by atoms with Gasteiger partial charge in [-0.3, -0.25) is 4.79 Å². The maximum atomic E-state index is 12.0. The molecule has 1 aliphatic heterocycles. The Labute approximate surface area is 111 Å². The number of nitrogens with two attached hydrogens (primary N) is 1. The van der Waals surface area contributed by atoms with Crippen molar-refractivity contribution in [2.45, 2.75) is 70.3 Å². The van der Waals surface area contributed by atoms with Crippen LogP contribution in [-0.2, 0) is 4.79 Å². The van der Waals surface area contributed by atoms with E-state index in [0.717, 1.165) is 44.7 Å². The molecule has 0 aromatic rings. The fourth-order valence-electron chi connectivity index (χ4n) is 3.51. The number of likely N-dealkylation sites (tertiary alicyclic amines) is 1. The van der Waals surface area contributed by atoms with Gasteiger partial charge in [-0.1, -0.05) is 45.4 Å². The van der Waals surface area contributed by atoms with Gasteiger partial charge in [-0.05, 0) is 18.8 Å². The molecular weight excluding hydrogens is 224 g/mol. The molecule has 3 heteroatoms. The number of carbonyl (C=O) groups excluding carboxylic acids is 1. The minimum Gasteiger partial charge on any atom is -0.339 e. The molecule has 0 aromatic heterocycles. The van der Waals surface area contributed by atoms with Crippen molar-refractivity contribution >= 4 is 5.91 Å². The molecule has 1 aliphatic carbocycles. The van der Waals surface area contributed by atoms with E-state index in [1.165, 1.54) is 32.1 Å². The van der Waals surface area contributed by atoms with Crippen molar-refractivity contribution < 1.29 is 4.79 Å². The lowest BCUT2D eigenvalue weighted by Gasteiger charge is -2.48. The van der Waals surface area contributed by atoms with Gasteiger partial charge in [0.15, 0.2) is 0 Å². The van der Waals surface area contributed by atoms with Gasteiger partial charge in [0.05, 0.1) is 5.54 Å². The molecule has 0 atom stereocenters. The van der Waals surface area contributed by atoms with E-state index in [-0.39, 0.29) is 5.54 Å². The monoisotopic (exact) mass is 252 g/mol. The van der Waals surface area contributed by atoms with E-state index < -0.39 is 0 Å². The van der Waals surface area contributed by atoms with Gasteiger partial charge in [-0.2, -0.15) is 0 Å². The summed E-state index contributed by atoms with van der Waals surface area (Å²) in [5, 5.41) is 0. The molecule has 0 aromatic carbocycles. The number of amides is 1. The molecule has 2 N–H and O–H groups in total. The van der Waals surface area contributed by atoms with Crippen LogP contribution in [0, 0.1) is 5.92 Å². The van der Waals surface area contributed by atoms with Crippen LogP contribution in [-0.4, -0.2) is 29.4 Å². The number of carbonyl (C=O) groups is 1. The smallest absolute Gasteiger partial charge is 0.222 e. The summed E-state index contributed by atoms with van der Waals surface area (Å²) in [4.78, 5) is 14.0. The van der Waals surface area contributed by atoms with Crippen molar-refractivity contribution in [3.8, 4) is 0 Å². The van der Waals surface area contributed by atoms with E-state index in [0.29, 0.717) is 5.91 Å². The molecule has 1 saturated heterocycles. The number of hydrogen-bond donors (Lipinski definition) is 1. The van der Waals surface area contributed by atoms with E-state index in [1.807, 2.05) is 4.90 Å². The van der Waals surface area contributed by atoms with E-state index in [2.05, 4.69) is 6.92 Å². The van der Waals surface area contributed by atoms with Gasteiger partial charge in [0, 0.05) is 19.5 Å². The van der Waals surface area contributed by atoms with Gasteiger partial charge in [0.25, 0.3) is 0 Å². The van der Waals surface area contributed by atoms with Crippen LogP contribution in [0.5, 0.6) is 0 Å². The molecule has 0 unspecified atom stereocenters. The molecular formula is C15H28N2O. The SMILES string of the molecule is CCCC1(N)CN(C(=O)CCC2CCCCC2)C1. The normalized spacial score (nSPS) is 23.8.